The first-order valence-electron chi connectivity index (χ1n) is 7.19. The molecule has 2 nitrogen and oxygen atoms in total. The first kappa shape index (κ1) is 15.3. The molecule has 0 aliphatic heterocycles. The normalized spacial score (nSPS) is 11.6. The molecule has 0 radical (unpaired) electrons. The molecule has 0 fully saturated rings. The summed E-state index contributed by atoms with van der Waals surface area (Å²) >= 11 is 12.0. The van der Waals surface area contributed by atoms with Crippen molar-refractivity contribution < 1.29 is 0 Å². The summed E-state index contributed by atoms with van der Waals surface area (Å²) in [5.41, 5.74) is 3.08. The molecule has 0 bridgehead atoms. The Balaban J connectivity index is 1.87. The summed E-state index contributed by atoms with van der Waals surface area (Å²) in [6, 6.07) is 16.4. The molecule has 0 amide bonds. The zero-order chi connectivity index (χ0) is 15.4. The number of hydrogen-bond acceptors (Lipinski definition) is 1. The lowest BCUT2D eigenvalue weighted by Crippen LogP contribution is -2.15. The van der Waals surface area contributed by atoms with Crippen molar-refractivity contribution in [1.29, 1.82) is 0 Å². The van der Waals surface area contributed by atoms with Crippen molar-refractivity contribution in [3.8, 4) is 0 Å². The van der Waals surface area contributed by atoms with Crippen LogP contribution in [0.4, 0.5) is 0 Å². The Morgan fingerprint density at radius 1 is 0.909 bits per heavy atom. The third-order valence-electron chi connectivity index (χ3n) is 3.78. The summed E-state index contributed by atoms with van der Waals surface area (Å²) in [5, 5.41) is 1.55. The summed E-state index contributed by atoms with van der Waals surface area (Å²) in [6.07, 6.45) is 6.78. The van der Waals surface area contributed by atoms with Crippen molar-refractivity contribution in [2.24, 2.45) is 0 Å². The highest BCUT2D eigenvalue weighted by Crippen LogP contribution is 2.26. The van der Waals surface area contributed by atoms with Gasteiger partial charge in [0.05, 0.1) is 15.8 Å². The van der Waals surface area contributed by atoms with Gasteiger partial charge in [-0.1, -0.05) is 47.5 Å². The van der Waals surface area contributed by atoms with Crippen molar-refractivity contribution in [3.05, 3.63) is 88.4 Å². The van der Waals surface area contributed by atoms with Crippen LogP contribution in [0.3, 0.4) is 0 Å². The summed E-state index contributed by atoms with van der Waals surface area (Å²) < 4.78 is 2.16. The van der Waals surface area contributed by atoms with E-state index >= 15 is 0 Å². The van der Waals surface area contributed by atoms with Crippen molar-refractivity contribution in [2.45, 2.75) is 11.7 Å². The largest absolute Gasteiger partial charge is 0.341 e. The van der Waals surface area contributed by atoms with Crippen LogP contribution in [0.1, 0.15) is 16.7 Å². The van der Waals surface area contributed by atoms with Crippen LogP contribution in [-0.2, 0) is 6.17 Å². The van der Waals surface area contributed by atoms with Gasteiger partial charge in [-0.3, -0.25) is 0 Å². The molecule has 5 heteroatoms. The zero-order valence-corrected chi connectivity index (χ0v) is 14.9. The number of rotatable bonds is 5. The van der Waals surface area contributed by atoms with Gasteiger partial charge in [0.2, 0.25) is 0 Å². The Hall–Kier alpha value is -1.55. The van der Waals surface area contributed by atoms with Gasteiger partial charge in [0, 0.05) is 28.6 Å². The number of aromatic nitrogens is 2. The van der Waals surface area contributed by atoms with Gasteiger partial charge < -0.3 is 4.57 Å². The van der Waals surface area contributed by atoms with Gasteiger partial charge in [-0.05, 0) is 40.9 Å². The fourth-order valence-corrected chi connectivity index (χ4v) is 4.90. The van der Waals surface area contributed by atoms with Crippen LogP contribution in [0.2, 0.25) is 10.0 Å². The maximum absolute atomic E-state index is 6.02. The fourth-order valence-electron chi connectivity index (χ4n) is 2.61. The Labute approximate surface area is 142 Å². The predicted octanol–water partition coefficient (Wildman–Crippen LogP) is 4.11. The van der Waals surface area contributed by atoms with E-state index in [4.69, 9.17) is 23.2 Å². The van der Waals surface area contributed by atoms with Crippen LogP contribution in [0, 0.1) is 0 Å². The second kappa shape index (κ2) is 7.14. The highest BCUT2D eigenvalue weighted by Gasteiger charge is 2.15. The number of halogens is 2. The molecule has 0 unspecified atom stereocenters. The van der Waals surface area contributed by atoms with Gasteiger partial charge >= 0.3 is 0 Å². The average molecular weight is 347 g/mol. The first-order chi connectivity index (χ1) is 10.7. The summed E-state index contributed by atoms with van der Waals surface area (Å²) in [4.78, 5) is 4.12. The summed E-state index contributed by atoms with van der Waals surface area (Å²) in [7, 11) is -0.428. The van der Waals surface area contributed by atoms with Gasteiger partial charge in [0.25, 0.3) is 0 Å². The molecule has 3 rings (SSSR count). The second-order valence-electron chi connectivity index (χ2n) is 5.24. The molecule has 0 saturated carbocycles. The highest BCUT2D eigenvalue weighted by atomic mass is 35.5. The van der Waals surface area contributed by atoms with Crippen LogP contribution in [0.15, 0.2) is 67.3 Å². The number of hydrogen-bond donors (Lipinski definition) is 0. The zero-order valence-electron chi connectivity index (χ0n) is 12.0. The molecule has 0 saturated heterocycles. The molecule has 1 aromatic heterocycles. The smallest absolute Gasteiger partial charge is 0.0942 e. The topological polar surface area (TPSA) is 17.8 Å². The maximum atomic E-state index is 6.02. The number of imidazole rings is 1. The van der Waals surface area contributed by atoms with E-state index in [-0.39, 0.29) is 0 Å². The van der Waals surface area contributed by atoms with E-state index in [0.717, 1.165) is 16.2 Å². The quantitative estimate of drug-likeness (QED) is 0.635. The lowest BCUT2D eigenvalue weighted by atomic mass is 10.0. The maximum Gasteiger partial charge on any atom is 0.0942 e. The van der Waals surface area contributed by atoms with Gasteiger partial charge in [-0.15, -0.1) is 0 Å². The van der Waals surface area contributed by atoms with Crippen molar-refractivity contribution in [3.63, 3.8) is 0 Å². The van der Waals surface area contributed by atoms with E-state index in [1.165, 1.54) is 11.1 Å². The van der Waals surface area contributed by atoms with Crippen LogP contribution in [0.25, 0.3) is 0 Å². The molecular formula is C17H16Cl2N2Si. The Morgan fingerprint density at radius 3 is 1.91 bits per heavy atom. The van der Waals surface area contributed by atoms with Crippen molar-refractivity contribution in [1.82, 2.24) is 9.55 Å². The SMILES string of the molecule is Clc1ccc(C([SiH2]Cn2ccnc2)c2ccc(Cl)cc2)cc1. The van der Waals surface area contributed by atoms with Crippen LogP contribution >= 0.6 is 23.2 Å². The minimum atomic E-state index is -0.428. The average Bonchev–Trinajstić information content (AvgIpc) is 3.04. The Kier molecular flexibility index (Phi) is 4.98. The molecule has 0 spiro atoms. The van der Waals surface area contributed by atoms with Crippen LogP contribution in [-0.4, -0.2) is 19.1 Å². The molecule has 2 aromatic carbocycles. The monoisotopic (exact) mass is 346 g/mol. The lowest BCUT2D eigenvalue weighted by molar-refractivity contribution is 0.858. The number of nitrogens with zero attached hydrogens (tertiary/aromatic N) is 2. The van der Waals surface area contributed by atoms with Crippen LogP contribution < -0.4 is 0 Å². The summed E-state index contributed by atoms with van der Waals surface area (Å²) in [6.45, 7) is 0. The molecular weight excluding hydrogens is 331 g/mol. The van der Waals surface area contributed by atoms with Crippen LogP contribution in [0.5, 0.6) is 0 Å². The van der Waals surface area contributed by atoms with E-state index < -0.39 is 9.52 Å². The first-order valence-corrected chi connectivity index (χ1v) is 9.76. The standard InChI is InChI=1S/C17H16Cl2N2Si/c18-15-5-1-13(2-6-15)17(14-3-7-16(19)8-4-14)22-12-21-10-9-20-11-21/h1-11,17H,12,22H2. The molecule has 0 aliphatic carbocycles. The van der Waals surface area contributed by atoms with Crippen molar-refractivity contribution in [2.75, 3.05) is 0 Å². The molecule has 1 heterocycles. The third-order valence-corrected chi connectivity index (χ3v) is 6.58. The lowest BCUT2D eigenvalue weighted by Gasteiger charge is -2.18. The Morgan fingerprint density at radius 2 is 1.45 bits per heavy atom. The highest BCUT2D eigenvalue weighted by molar-refractivity contribution is 6.37. The Bertz CT molecular complexity index is 664. The van der Waals surface area contributed by atoms with E-state index in [1.54, 1.807) is 0 Å². The van der Waals surface area contributed by atoms with Gasteiger partial charge in [0.1, 0.15) is 0 Å². The number of benzene rings is 2. The molecule has 0 aliphatic rings. The molecule has 0 atom stereocenters. The summed E-state index contributed by atoms with van der Waals surface area (Å²) in [5.74, 6) is 0. The van der Waals surface area contributed by atoms with Crippen molar-refractivity contribution >= 4 is 32.7 Å². The predicted molar refractivity (Wildman–Crippen MR) is 95.5 cm³/mol. The molecule has 3 aromatic rings. The van der Waals surface area contributed by atoms with Gasteiger partial charge in [0.15, 0.2) is 0 Å². The minimum absolute atomic E-state index is 0.428. The second-order valence-corrected chi connectivity index (χ2v) is 7.96. The van der Waals surface area contributed by atoms with E-state index in [2.05, 4.69) is 33.8 Å². The molecule has 112 valence electrons. The van der Waals surface area contributed by atoms with Gasteiger partial charge in [-0.25, -0.2) is 4.98 Å². The van der Waals surface area contributed by atoms with Gasteiger partial charge in [-0.2, -0.15) is 0 Å². The third kappa shape index (κ3) is 3.80. The van der Waals surface area contributed by atoms with E-state index in [0.29, 0.717) is 5.54 Å². The minimum Gasteiger partial charge on any atom is -0.341 e. The fraction of sp³-hybridized carbons (Fsp3) is 0.118. The molecule has 22 heavy (non-hydrogen) atoms. The van der Waals surface area contributed by atoms with E-state index in [9.17, 15) is 0 Å². The molecule has 0 N–H and O–H groups in total. The van der Waals surface area contributed by atoms with E-state index in [1.807, 2.05) is 43.0 Å².